The molecule has 2 aliphatic carbocycles. The molecule has 3 unspecified atom stereocenters. The molecule has 1 aromatic rings. The largest absolute Gasteiger partial charge is 0.437 e. The maximum atomic E-state index is 12.0. The highest BCUT2D eigenvalue weighted by atomic mass is 16.7. The summed E-state index contributed by atoms with van der Waals surface area (Å²) in [5.41, 5.74) is 2.90. The molecular weight excluding hydrogens is 290 g/mol. The lowest BCUT2D eigenvalue weighted by atomic mass is 9.87. The summed E-state index contributed by atoms with van der Waals surface area (Å²) < 4.78 is 0. The Kier molecular flexibility index (Phi) is 4.66. The van der Waals surface area contributed by atoms with Gasteiger partial charge in [0.1, 0.15) is 0 Å². The van der Waals surface area contributed by atoms with Gasteiger partial charge in [0.25, 0.3) is 0 Å². The molecule has 2 aliphatic rings. The molecule has 0 spiro atoms. The predicted molar refractivity (Wildman–Crippen MR) is 91.6 cm³/mol. The number of benzene rings is 1. The third kappa shape index (κ3) is 3.72. The van der Waals surface area contributed by atoms with E-state index in [-0.39, 0.29) is 0 Å². The van der Waals surface area contributed by atoms with Gasteiger partial charge in [-0.05, 0) is 63.9 Å². The van der Waals surface area contributed by atoms with Gasteiger partial charge in [-0.3, -0.25) is 10.2 Å². The molecule has 1 aromatic carbocycles. The van der Waals surface area contributed by atoms with Crippen molar-refractivity contribution in [2.24, 2.45) is 22.9 Å². The van der Waals surface area contributed by atoms with Crippen molar-refractivity contribution in [1.82, 2.24) is 4.90 Å². The first-order chi connectivity index (χ1) is 11.0. The highest BCUT2D eigenvalue weighted by Gasteiger charge is 2.45. The zero-order valence-electron chi connectivity index (χ0n) is 14.1. The van der Waals surface area contributed by atoms with E-state index < -0.39 is 6.09 Å². The number of hydrogen-bond donors (Lipinski definition) is 1. The standard InChI is InChI=1S/C18H25N3O2/c1-12-5-4-6-15(9-12)19-18(22)23-20-17-14-8-7-13(10-14)16(17)11-21(2)3/h4-6,9,13-14,16H,7-8,10-11H2,1-3H3,(H,19,22)/b20-17+. The van der Waals surface area contributed by atoms with Gasteiger partial charge in [-0.2, -0.15) is 0 Å². The average molecular weight is 315 g/mol. The zero-order valence-corrected chi connectivity index (χ0v) is 14.1. The van der Waals surface area contributed by atoms with Crippen LogP contribution in [0.5, 0.6) is 0 Å². The first-order valence-electron chi connectivity index (χ1n) is 8.30. The molecule has 0 radical (unpaired) electrons. The fourth-order valence-corrected chi connectivity index (χ4v) is 3.93. The molecule has 124 valence electrons. The Hall–Kier alpha value is -1.88. The van der Waals surface area contributed by atoms with Crippen molar-refractivity contribution in [3.05, 3.63) is 29.8 Å². The number of hydrogen-bond acceptors (Lipinski definition) is 4. The summed E-state index contributed by atoms with van der Waals surface area (Å²) in [6, 6.07) is 7.63. The highest BCUT2D eigenvalue weighted by molar-refractivity contribution is 5.93. The quantitative estimate of drug-likeness (QED) is 0.683. The van der Waals surface area contributed by atoms with Crippen molar-refractivity contribution in [1.29, 1.82) is 0 Å². The Balaban J connectivity index is 1.63. The van der Waals surface area contributed by atoms with E-state index in [0.717, 1.165) is 23.5 Å². The van der Waals surface area contributed by atoms with E-state index in [0.29, 0.717) is 17.8 Å². The van der Waals surface area contributed by atoms with Gasteiger partial charge in [0.15, 0.2) is 0 Å². The minimum Gasteiger partial charge on any atom is -0.309 e. The van der Waals surface area contributed by atoms with Gasteiger partial charge in [0, 0.05) is 24.1 Å². The van der Waals surface area contributed by atoms with Gasteiger partial charge in [-0.1, -0.05) is 17.3 Å². The molecule has 5 heteroatoms. The molecule has 2 saturated carbocycles. The van der Waals surface area contributed by atoms with Crippen molar-refractivity contribution in [2.45, 2.75) is 26.2 Å². The summed E-state index contributed by atoms with van der Waals surface area (Å²) in [6.45, 7) is 2.96. The third-order valence-corrected chi connectivity index (χ3v) is 4.90. The van der Waals surface area contributed by atoms with Crippen LogP contribution in [-0.4, -0.2) is 37.3 Å². The number of carbonyl (C=O) groups excluding carboxylic acids is 1. The molecule has 0 saturated heterocycles. The van der Waals surface area contributed by atoms with Gasteiger partial charge >= 0.3 is 6.09 Å². The first kappa shape index (κ1) is 16.0. The summed E-state index contributed by atoms with van der Waals surface area (Å²) in [4.78, 5) is 19.3. The maximum Gasteiger partial charge on any atom is 0.437 e. The molecular formula is C18H25N3O2. The number of rotatable bonds is 4. The zero-order chi connectivity index (χ0) is 16.4. The second-order valence-electron chi connectivity index (χ2n) is 7.03. The number of nitrogens with one attached hydrogen (secondary N) is 1. The van der Waals surface area contributed by atoms with Gasteiger partial charge in [0.05, 0.1) is 5.71 Å². The minimum atomic E-state index is -0.519. The molecule has 1 N–H and O–H groups in total. The summed E-state index contributed by atoms with van der Waals surface area (Å²) in [5, 5.41) is 6.96. The molecule has 3 rings (SSSR count). The monoisotopic (exact) mass is 315 g/mol. The summed E-state index contributed by atoms with van der Waals surface area (Å²) in [7, 11) is 4.16. The Morgan fingerprint density at radius 3 is 2.96 bits per heavy atom. The lowest BCUT2D eigenvalue weighted by Gasteiger charge is -2.25. The van der Waals surface area contributed by atoms with Crippen LogP contribution in [0.25, 0.3) is 0 Å². The Morgan fingerprint density at radius 2 is 2.22 bits per heavy atom. The van der Waals surface area contributed by atoms with E-state index in [4.69, 9.17) is 4.84 Å². The summed E-state index contributed by atoms with van der Waals surface area (Å²) in [6.07, 6.45) is 3.13. The Morgan fingerprint density at radius 1 is 1.39 bits per heavy atom. The van der Waals surface area contributed by atoms with Crippen LogP contribution in [0, 0.1) is 24.7 Å². The summed E-state index contributed by atoms with van der Waals surface area (Å²) >= 11 is 0. The Bertz CT molecular complexity index is 612. The predicted octanol–water partition coefficient (Wildman–Crippen LogP) is 3.51. The van der Waals surface area contributed by atoms with Crippen LogP contribution in [0.1, 0.15) is 24.8 Å². The normalized spacial score (nSPS) is 27.7. The molecule has 1 amide bonds. The topological polar surface area (TPSA) is 53.9 Å². The molecule has 2 fully saturated rings. The van der Waals surface area contributed by atoms with Gasteiger partial charge in [-0.25, -0.2) is 4.79 Å². The molecule has 0 heterocycles. The van der Waals surface area contributed by atoms with Crippen LogP contribution in [0.2, 0.25) is 0 Å². The SMILES string of the molecule is Cc1cccc(NC(=O)O/N=C2\C3CCC(C3)C2CN(C)C)c1. The molecule has 5 nitrogen and oxygen atoms in total. The number of nitrogens with zero attached hydrogens (tertiary/aromatic N) is 2. The number of anilines is 1. The smallest absolute Gasteiger partial charge is 0.309 e. The second-order valence-corrected chi connectivity index (χ2v) is 7.03. The second kappa shape index (κ2) is 6.71. The fourth-order valence-electron chi connectivity index (χ4n) is 3.93. The lowest BCUT2D eigenvalue weighted by molar-refractivity contribution is 0.164. The van der Waals surface area contributed by atoms with Crippen molar-refractivity contribution in [3.63, 3.8) is 0 Å². The van der Waals surface area contributed by atoms with Crippen LogP contribution < -0.4 is 5.32 Å². The molecule has 23 heavy (non-hydrogen) atoms. The van der Waals surface area contributed by atoms with E-state index in [1.807, 2.05) is 31.2 Å². The molecule has 2 bridgehead atoms. The molecule has 3 atom stereocenters. The fraction of sp³-hybridized carbons (Fsp3) is 0.556. The highest BCUT2D eigenvalue weighted by Crippen LogP contribution is 2.46. The molecule has 0 aliphatic heterocycles. The maximum absolute atomic E-state index is 12.0. The van der Waals surface area contributed by atoms with E-state index in [9.17, 15) is 4.79 Å². The van der Waals surface area contributed by atoms with E-state index in [1.165, 1.54) is 19.3 Å². The number of oxime groups is 1. The third-order valence-electron chi connectivity index (χ3n) is 4.90. The van der Waals surface area contributed by atoms with Crippen LogP contribution in [-0.2, 0) is 4.84 Å². The van der Waals surface area contributed by atoms with Crippen molar-refractivity contribution in [2.75, 3.05) is 26.0 Å². The number of aryl methyl sites for hydroxylation is 1. The van der Waals surface area contributed by atoms with E-state index in [1.54, 1.807) is 0 Å². The first-order valence-corrected chi connectivity index (χ1v) is 8.30. The lowest BCUT2D eigenvalue weighted by Crippen LogP contribution is -2.32. The van der Waals surface area contributed by atoms with Crippen molar-refractivity contribution in [3.8, 4) is 0 Å². The minimum absolute atomic E-state index is 0.426. The average Bonchev–Trinajstić information content (AvgIpc) is 3.06. The molecule has 0 aromatic heterocycles. The van der Waals surface area contributed by atoms with Crippen LogP contribution in [0.4, 0.5) is 10.5 Å². The van der Waals surface area contributed by atoms with Crippen LogP contribution in [0.3, 0.4) is 0 Å². The van der Waals surface area contributed by atoms with Crippen LogP contribution >= 0.6 is 0 Å². The number of carbonyl (C=O) groups is 1. The van der Waals surface area contributed by atoms with E-state index >= 15 is 0 Å². The van der Waals surface area contributed by atoms with E-state index in [2.05, 4.69) is 29.5 Å². The van der Waals surface area contributed by atoms with Crippen molar-refractivity contribution < 1.29 is 9.63 Å². The summed E-state index contributed by atoms with van der Waals surface area (Å²) in [5.74, 6) is 1.62. The number of fused-ring (bicyclic) bond motifs is 2. The Labute approximate surface area is 137 Å². The van der Waals surface area contributed by atoms with Crippen molar-refractivity contribution >= 4 is 17.5 Å². The van der Waals surface area contributed by atoms with Crippen LogP contribution in [0.15, 0.2) is 29.4 Å². The van der Waals surface area contributed by atoms with Gasteiger partial charge in [-0.15, -0.1) is 0 Å². The van der Waals surface area contributed by atoms with Gasteiger partial charge in [0.2, 0.25) is 0 Å². The van der Waals surface area contributed by atoms with Gasteiger partial charge < -0.3 is 4.90 Å². The number of amides is 1.